The number of hydrogen-bond donors (Lipinski definition) is 3. The van der Waals surface area contributed by atoms with E-state index < -0.39 is 5.91 Å². The second kappa shape index (κ2) is 6.94. The van der Waals surface area contributed by atoms with Crippen LogP contribution in [0.5, 0.6) is 0 Å². The van der Waals surface area contributed by atoms with E-state index in [1.165, 1.54) is 12.4 Å². The maximum absolute atomic E-state index is 11.5. The monoisotopic (exact) mass is 236 g/mol. The molecule has 0 spiro atoms. The van der Waals surface area contributed by atoms with Crippen LogP contribution >= 0.6 is 0 Å². The summed E-state index contributed by atoms with van der Waals surface area (Å²) < 4.78 is 0. The fraction of sp³-hybridized carbons (Fsp3) is 0.200. The van der Waals surface area contributed by atoms with Crippen molar-refractivity contribution in [3.05, 3.63) is 30.1 Å². The third-order valence-corrected chi connectivity index (χ3v) is 1.83. The zero-order valence-corrected chi connectivity index (χ0v) is 8.96. The molecule has 1 aromatic rings. The van der Waals surface area contributed by atoms with Gasteiger partial charge in [-0.3, -0.25) is 14.6 Å². The minimum absolute atomic E-state index is 0.238. The minimum atomic E-state index is -0.523. The maximum atomic E-state index is 11.5. The van der Waals surface area contributed by atoms with Gasteiger partial charge in [-0.05, 0) is 12.1 Å². The predicted octanol–water partition coefficient (Wildman–Crippen LogP) is -0.612. The lowest BCUT2D eigenvalue weighted by Crippen LogP contribution is -2.35. The van der Waals surface area contributed by atoms with Gasteiger partial charge in [-0.15, -0.1) is 0 Å². The molecule has 0 atom stereocenters. The molecular weight excluding hydrogens is 224 g/mol. The van der Waals surface area contributed by atoms with Crippen LogP contribution in [0.25, 0.3) is 0 Å². The van der Waals surface area contributed by atoms with Crippen molar-refractivity contribution in [2.75, 3.05) is 13.1 Å². The first-order valence-electron chi connectivity index (χ1n) is 4.87. The molecule has 1 aromatic heterocycles. The lowest BCUT2D eigenvalue weighted by Gasteiger charge is -2.04. The molecule has 0 saturated carbocycles. The summed E-state index contributed by atoms with van der Waals surface area (Å²) in [5.74, 6) is -0.761. The lowest BCUT2D eigenvalue weighted by atomic mass is 10.2. The second-order valence-corrected chi connectivity index (χ2v) is 3.03. The van der Waals surface area contributed by atoms with Crippen molar-refractivity contribution < 1.29 is 14.8 Å². The fourth-order valence-corrected chi connectivity index (χ4v) is 1.07. The van der Waals surface area contributed by atoms with Crippen molar-refractivity contribution in [3.63, 3.8) is 0 Å². The van der Waals surface area contributed by atoms with Crippen molar-refractivity contribution in [1.29, 1.82) is 0 Å². The summed E-state index contributed by atoms with van der Waals surface area (Å²) in [5.41, 5.74) is 0.503. The molecule has 1 heterocycles. The van der Waals surface area contributed by atoms with Crippen molar-refractivity contribution in [1.82, 2.24) is 15.6 Å². The van der Waals surface area contributed by atoms with Gasteiger partial charge in [0.1, 0.15) is 6.21 Å². The molecule has 0 aromatic carbocycles. The molecule has 0 unspecified atom stereocenters. The molecular formula is C10H12N4O3. The first kappa shape index (κ1) is 12.6. The Kier molecular flexibility index (Phi) is 5.15. The van der Waals surface area contributed by atoms with Gasteiger partial charge in [0.25, 0.3) is 11.8 Å². The normalized spacial score (nSPS) is 10.1. The first-order chi connectivity index (χ1) is 8.24. The second-order valence-electron chi connectivity index (χ2n) is 3.03. The van der Waals surface area contributed by atoms with Crippen LogP contribution in [0.4, 0.5) is 0 Å². The number of pyridine rings is 1. The summed E-state index contributed by atoms with van der Waals surface area (Å²) in [7, 11) is 0. The Hall–Kier alpha value is -2.44. The molecule has 2 amide bonds. The highest BCUT2D eigenvalue weighted by atomic mass is 16.4. The number of oxime groups is 1. The molecule has 0 aliphatic carbocycles. The summed E-state index contributed by atoms with van der Waals surface area (Å²) in [6, 6.07) is 3.18. The number of carbonyl (C=O) groups is 2. The molecule has 3 N–H and O–H groups in total. The highest BCUT2D eigenvalue weighted by Crippen LogP contribution is 1.94. The van der Waals surface area contributed by atoms with E-state index in [9.17, 15) is 9.59 Å². The van der Waals surface area contributed by atoms with Crippen molar-refractivity contribution in [2.24, 2.45) is 5.16 Å². The SMILES string of the molecule is O=C(/C=N\O)NCCNC(=O)c1ccncc1. The molecule has 7 nitrogen and oxygen atoms in total. The minimum Gasteiger partial charge on any atom is -0.411 e. The molecule has 0 radical (unpaired) electrons. The number of nitrogens with zero attached hydrogens (tertiary/aromatic N) is 2. The molecule has 17 heavy (non-hydrogen) atoms. The zero-order chi connectivity index (χ0) is 12.5. The third kappa shape index (κ3) is 4.74. The van der Waals surface area contributed by atoms with E-state index in [2.05, 4.69) is 20.8 Å². The number of nitrogens with one attached hydrogen (secondary N) is 2. The average Bonchev–Trinajstić information content (AvgIpc) is 2.36. The summed E-state index contributed by atoms with van der Waals surface area (Å²) in [6.45, 7) is 0.536. The summed E-state index contributed by atoms with van der Waals surface area (Å²) in [4.78, 5) is 26.1. The standard InChI is InChI=1S/C10H12N4O3/c15-9(7-14-17)12-5-6-13-10(16)8-1-3-11-4-2-8/h1-4,7,17H,5-6H2,(H,12,15)(H,13,16)/b14-7-. The molecule has 90 valence electrons. The van der Waals surface area contributed by atoms with Gasteiger partial charge in [-0.25, -0.2) is 0 Å². The quantitative estimate of drug-likeness (QED) is 0.274. The summed E-state index contributed by atoms with van der Waals surface area (Å²) in [6.07, 6.45) is 3.79. The van der Waals surface area contributed by atoms with E-state index in [4.69, 9.17) is 5.21 Å². The zero-order valence-electron chi connectivity index (χ0n) is 8.96. The number of carbonyl (C=O) groups excluding carboxylic acids is 2. The first-order valence-corrected chi connectivity index (χ1v) is 4.87. The summed E-state index contributed by atoms with van der Waals surface area (Å²) in [5, 5.41) is 15.7. The smallest absolute Gasteiger partial charge is 0.265 e. The molecule has 0 aliphatic heterocycles. The Morgan fingerprint density at radius 1 is 1.29 bits per heavy atom. The van der Waals surface area contributed by atoms with E-state index in [0.29, 0.717) is 5.56 Å². The van der Waals surface area contributed by atoms with Gasteiger partial charge >= 0.3 is 0 Å². The van der Waals surface area contributed by atoms with Gasteiger partial charge in [0.15, 0.2) is 0 Å². The number of amides is 2. The van der Waals surface area contributed by atoms with Gasteiger partial charge in [0.05, 0.1) is 0 Å². The number of hydrogen-bond acceptors (Lipinski definition) is 5. The summed E-state index contributed by atoms with van der Waals surface area (Å²) >= 11 is 0. The van der Waals surface area contributed by atoms with Crippen LogP contribution in [0.2, 0.25) is 0 Å². The molecule has 0 bridgehead atoms. The Bertz CT molecular complexity index is 405. The topological polar surface area (TPSA) is 104 Å². The average molecular weight is 236 g/mol. The van der Waals surface area contributed by atoms with Crippen LogP contribution in [0.1, 0.15) is 10.4 Å². The number of rotatable bonds is 5. The Labute approximate surface area is 97.5 Å². The van der Waals surface area contributed by atoms with E-state index in [1.54, 1.807) is 12.1 Å². The van der Waals surface area contributed by atoms with Crippen LogP contribution in [0, 0.1) is 0 Å². The van der Waals surface area contributed by atoms with Crippen LogP contribution in [0.3, 0.4) is 0 Å². The molecule has 1 rings (SSSR count). The largest absolute Gasteiger partial charge is 0.411 e. The Morgan fingerprint density at radius 3 is 2.59 bits per heavy atom. The predicted molar refractivity (Wildman–Crippen MR) is 59.9 cm³/mol. The van der Waals surface area contributed by atoms with Gasteiger partial charge in [-0.2, -0.15) is 0 Å². The third-order valence-electron chi connectivity index (χ3n) is 1.83. The van der Waals surface area contributed by atoms with Crippen molar-refractivity contribution in [3.8, 4) is 0 Å². The van der Waals surface area contributed by atoms with Crippen LogP contribution in [-0.4, -0.2) is 41.3 Å². The molecule has 0 aliphatic rings. The van der Waals surface area contributed by atoms with Gasteiger partial charge in [0.2, 0.25) is 0 Å². The van der Waals surface area contributed by atoms with Crippen LogP contribution in [-0.2, 0) is 4.79 Å². The van der Waals surface area contributed by atoms with Gasteiger partial charge in [-0.1, -0.05) is 5.16 Å². The fourth-order valence-electron chi connectivity index (χ4n) is 1.07. The van der Waals surface area contributed by atoms with E-state index in [0.717, 1.165) is 6.21 Å². The van der Waals surface area contributed by atoms with Crippen LogP contribution in [0.15, 0.2) is 29.7 Å². The highest BCUT2D eigenvalue weighted by molar-refractivity contribution is 6.25. The highest BCUT2D eigenvalue weighted by Gasteiger charge is 2.03. The molecule has 0 fully saturated rings. The van der Waals surface area contributed by atoms with E-state index >= 15 is 0 Å². The van der Waals surface area contributed by atoms with Gasteiger partial charge in [0, 0.05) is 31.0 Å². The maximum Gasteiger partial charge on any atom is 0.265 e. The molecule has 0 saturated heterocycles. The van der Waals surface area contributed by atoms with Crippen LogP contribution < -0.4 is 10.6 Å². The van der Waals surface area contributed by atoms with E-state index in [1.807, 2.05) is 0 Å². The van der Waals surface area contributed by atoms with Gasteiger partial charge < -0.3 is 15.8 Å². The number of aromatic nitrogens is 1. The Balaban J connectivity index is 2.24. The van der Waals surface area contributed by atoms with Crippen molar-refractivity contribution in [2.45, 2.75) is 0 Å². The molecule has 7 heteroatoms. The van der Waals surface area contributed by atoms with E-state index in [-0.39, 0.29) is 19.0 Å². The lowest BCUT2D eigenvalue weighted by molar-refractivity contribution is -0.114. The van der Waals surface area contributed by atoms with Crippen molar-refractivity contribution >= 4 is 18.0 Å². The Morgan fingerprint density at radius 2 is 1.94 bits per heavy atom.